The Morgan fingerprint density at radius 2 is 1.77 bits per heavy atom. The van der Waals surface area contributed by atoms with Crippen molar-refractivity contribution in [1.82, 2.24) is 15.2 Å². The SMILES string of the molecule is Cc1[nH]n(-c2ccccc2)c(=O)c1/C=N/NC(=O)[C@H](O)c1ccccc1. The maximum atomic E-state index is 12.5. The molecule has 7 heteroatoms. The van der Waals surface area contributed by atoms with E-state index in [0.29, 0.717) is 22.5 Å². The first-order valence-electron chi connectivity index (χ1n) is 8.01. The van der Waals surface area contributed by atoms with Gasteiger partial charge in [-0.05, 0) is 24.6 Å². The summed E-state index contributed by atoms with van der Waals surface area (Å²) in [5, 5.41) is 16.8. The van der Waals surface area contributed by atoms with Gasteiger partial charge in [0.15, 0.2) is 6.10 Å². The van der Waals surface area contributed by atoms with Gasteiger partial charge in [0.05, 0.1) is 17.5 Å². The van der Waals surface area contributed by atoms with Crippen molar-refractivity contribution in [2.45, 2.75) is 13.0 Å². The third-order valence-corrected chi connectivity index (χ3v) is 3.86. The largest absolute Gasteiger partial charge is 0.378 e. The summed E-state index contributed by atoms with van der Waals surface area (Å²) < 4.78 is 1.40. The highest BCUT2D eigenvalue weighted by molar-refractivity contribution is 5.85. The minimum absolute atomic E-state index is 0.282. The molecular formula is C19H18N4O3. The molecule has 1 aromatic heterocycles. The Morgan fingerprint density at radius 1 is 1.15 bits per heavy atom. The van der Waals surface area contributed by atoms with E-state index < -0.39 is 12.0 Å². The van der Waals surface area contributed by atoms with Crippen molar-refractivity contribution in [2.24, 2.45) is 5.10 Å². The molecule has 3 N–H and O–H groups in total. The van der Waals surface area contributed by atoms with E-state index in [9.17, 15) is 14.7 Å². The number of nitrogens with zero attached hydrogens (tertiary/aromatic N) is 2. The minimum Gasteiger partial charge on any atom is -0.378 e. The van der Waals surface area contributed by atoms with Crippen LogP contribution in [0, 0.1) is 6.92 Å². The van der Waals surface area contributed by atoms with E-state index in [0.717, 1.165) is 0 Å². The normalized spacial score (nSPS) is 12.2. The molecule has 3 aromatic rings. The first kappa shape index (κ1) is 17.4. The van der Waals surface area contributed by atoms with Crippen molar-refractivity contribution in [2.75, 3.05) is 0 Å². The maximum absolute atomic E-state index is 12.5. The zero-order chi connectivity index (χ0) is 18.5. The summed E-state index contributed by atoms with van der Waals surface area (Å²) in [6.45, 7) is 1.74. The fourth-order valence-electron chi connectivity index (χ4n) is 2.48. The van der Waals surface area contributed by atoms with E-state index in [1.54, 1.807) is 49.4 Å². The number of carbonyl (C=O) groups is 1. The number of aromatic nitrogens is 2. The lowest BCUT2D eigenvalue weighted by Crippen LogP contribution is -2.25. The highest BCUT2D eigenvalue weighted by Gasteiger charge is 2.16. The van der Waals surface area contributed by atoms with Crippen molar-refractivity contribution >= 4 is 12.1 Å². The Balaban J connectivity index is 1.74. The average Bonchev–Trinajstić information content (AvgIpc) is 2.97. The van der Waals surface area contributed by atoms with Crippen LogP contribution in [0.1, 0.15) is 22.9 Å². The predicted molar refractivity (Wildman–Crippen MR) is 98.3 cm³/mol. The molecule has 132 valence electrons. The number of aromatic amines is 1. The Kier molecular flexibility index (Phi) is 5.09. The molecular weight excluding hydrogens is 332 g/mol. The molecule has 0 aliphatic carbocycles. The van der Waals surface area contributed by atoms with E-state index in [4.69, 9.17) is 0 Å². The van der Waals surface area contributed by atoms with Crippen LogP contribution >= 0.6 is 0 Å². The summed E-state index contributed by atoms with van der Waals surface area (Å²) in [7, 11) is 0. The summed E-state index contributed by atoms with van der Waals surface area (Å²) in [6, 6.07) is 17.7. The second-order valence-electron chi connectivity index (χ2n) is 5.67. The fourth-order valence-corrected chi connectivity index (χ4v) is 2.48. The molecule has 0 aliphatic heterocycles. The summed E-state index contributed by atoms with van der Waals surface area (Å²) in [4.78, 5) is 24.5. The number of hydrogen-bond donors (Lipinski definition) is 3. The van der Waals surface area contributed by atoms with Crippen LogP contribution in [0.2, 0.25) is 0 Å². The molecule has 26 heavy (non-hydrogen) atoms. The molecule has 0 spiro atoms. The number of nitrogens with one attached hydrogen (secondary N) is 2. The monoisotopic (exact) mass is 350 g/mol. The summed E-state index contributed by atoms with van der Waals surface area (Å²) in [5.74, 6) is -0.677. The Hall–Kier alpha value is -3.45. The van der Waals surface area contributed by atoms with Gasteiger partial charge in [0, 0.05) is 5.69 Å². The van der Waals surface area contributed by atoms with Crippen LogP contribution in [-0.2, 0) is 4.79 Å². The van der Waals surface area contributed by atoms with E-state index in [1.165, 1.54) is 10.9 Å². The summed E-state index contributed by atoms with van der Waals surface area (Å²) in [5.41, 5.74) is 4.06. The molecule has 3 rings (SSSR count). The van der Waals surface area contributed by atoms with Gasteiger partial charge in [-0.1, -0.05) is 48.5 Å². The van der Waals surface area contributed by atoms with Gasteiger partial charge in [0.2, 0.25) is 0 Å². The first-order chi connectivity index (χ1) is 12.6. The van der Waals surface area contributed by atoms with Gasteiger partial charge in [0.1, 0.15) is 0 Å². The van der Waals surface area contributed by atoms with E-state index >= 15 is 0 Å². The van der Waals surface area contributed by atoms with E-state index in [2.05, 4.69) is 15.6 Å². The topological polar surface area (TPSA) is 99.5 Å². The van der Waals surface area contributed by atoms with Crippen LogP contribution in [0.3, 0.4) is 0 Å². The smallest absolute Gasteiger partial charge is 0.280 e. The molecule has 0 bridgehead atoms. The molecule has 1 atom stereocenters. The number of para-hydroxylation sites is 1. The predicted octanol–water partition coefficient (Wildman–Crippen LogP) is 1.66. The Morgan fingerprint density at radius 3 is 2.42 bits per heavy atom. The van der Waals surface area contributed by atoms with Crippen LogP contribution in [0.25, 0.3) is 5.69 Å². The number of hydrogen-bond acceptors (Lipinski definition) is 4. The number of hydrazone groups is 1. The number of carbonyl (C=O) groups excluding carboxylic acids is 1. The second kappa shape index (κ2) is 7.62. The minimum atomic E-state index is -1.33. The van der Waals surface area contributed by atoms with Crippen molar-refractivity contribution < 1.29 is 9.90 Å². The lowest BCUT2D eigenvalue weighted by Gasteiger charge is -2.08. The van der Waals surface area contributed by atoms with Crippen LogP contribution in [0.5, 0.6) is 0 Å². The van der Waals surface area contributed by atoms with Gasteiger partial charge in [0.25, 0.3) is 11.5 Å². The summed E-state index contributed by atoms with van der Waals surface area (Å²) >= 11 is 0. The Labute approximate surface area is 149 Å². The molecule has 1 amide bonds. The molecule has 0 unspecified atom stereocenters. The quantitative estimate of drug-likeness (QED) is 0.482. The van der Waals surface area contributed by atoms with Crippen molar-refractivity contribution in [3.05, 3.63) is 87.8 Å². The number of aliphatic hydroxyl groups is 1. The maximum Gasteiger partial charge on any atom is 0.280 e. The van der Waals surface area contributed by atoms with Crippen LogP contribution in [0.4, 0.5) is 0 Å². The number of H-pyrrole nitrogens is 1. The molecule has 0 fully saturated rings. The van der Waals surface area contributed by atoms with Gasteiger partial charge in [-0.25, -0.2) is 10.1 Å². The van der Waals surface area contributed by atoms with Crippen molar-refractivity contribution in [3.8, 4) is 5.69 Å². The number of benzene rings is 2. The summed E-state index contributed by atoms with van der Waals surface area (Å²) in [6.07, 6.45) is -0.0647. The third-order valence-electron chi connectivity index (χ3n) is 3.86. The van der Waals surface area contributed by atoms with Crippen molar-refractivity contribution in [1.29, 1.82) is 0 Å². The highest BCUT2D eigenvalue weighted by Crippen LogP contribution is 2.11. The van der Waals surface area contributed by atoms with Gasteiger partial charge < -0.3 is 5.11 Å². The van der Waals surface area contributed by atoms with E-state index in [-0.39, 0.29) is 5.56 Å². The molecule has 0 radical (unpaired) electrons. The molecule has 7 nitrogen and oxygen atoms in total. The second-order valence-corrected chi connectivity index (χ2v) is 5.67. The number of aryl methyl sites for hydroxylation is 1. The van der Waals surface area contributed by atoms with Gasteiger partial charge >= 0.3 is 0 Å². The van der Waals surface area contributed by atoms with Gasteiger partial charge in [-0.15, -0.1) is 0 Å². The number of aliphatic hydroxyl groups excluding tert-OH is 1. The van der Waals surface area contributed by atoms with Crippen molar-refractivity contribution in [3.63, 3.8) is 0 Å². The van der Waals surface area contributed by atoms with E-state index in [1.807, 2.05) is 18.2 Å². The molecule has 0 aliphatic rings. The Bertz CT molecular complexity index is 975. The van der Waals surface area contributed by atoms with Crippen LogP contribution in [-0.4, -0.2) is 27.0 Å². The van der Waals surface area contributed by atoms with Crippen LogP contribution < -0.4 is 11.0 Å². The average molecular weight is 350 g/mol. The zero-order valence-electron chi connectivity index (χ0n) is 14.1. The van der Waals surface area contributed by atoms with Gasteiger partial charge in [-0.3, -0.25) is 14.7 Å². The molecule has 0 saturated heterocycles. The first-order valence-corrected chi connectivity index (χ1v) is 8.01. The third kappa shape index (κ3) is 3.62. The van der Waals surface area contributed by atoms with Crippen LogP contribution in [0.15, 0.2) is 70.6 Å². The molecule has 2 aromatic carbocycles. The zero-order valence-corrected chi connectivity index (χ0v) is 14.1. The van der Waals surface area contributed by atoms with Gasteiger partial charge in [-0.2, -0.15) is 5.10 Å². The number of amides is 1. The standard InChI is InChI=1S/C19H18N4O3/c1-13-16(19(26)23(22-13)15-10-6-3-7-11-15)12-20-21-18(25)17(24)14-8-4-2-5-9-14/h2-12,17,22,24H,1H3,(H,21,25)/b20-12+/t17-/m1/s1. The molecule has 1 heterocycles. The number of rotatable bonds is 5. The lowest BCUT2D eigenvalue weighted by molar-refractivity contribution is -0.129. The highest BCUT2D eigenvalue weighted by atomic mass is 16.3. The lowest BCUT2D eigenvalue weighted by atomic mass is 10.1. The fraction of sp³-hybridized carbons (Fsp3) is 0.105. The molecule has 0 saturated carbocycles.